The maximum atomic E-state index is 13.2. The van der Waals surface area contributed by atoms with E-state index in [2.05, 4.69) is 0 Å². The van der Waals surface area contributed by atoms with Crippen LogP contribution in [0, 0.1) is 5.82 Å². The normalized spacial score (nSPS) is 19.2. The molecule has 1 unspecified atom stereocenters. The van der Waals surface area contributed by atoms with E-state index < -0.39 is 5.82 Å². The molecule has 1 fully saturated rings. The number of carbonyl (C=O) groups excluding carboxylic acids is 1. The molecule has 0 amide bonds. The van der Waals surface area contributed by atoms with Crippen LogP contribution < -0.4 is 4.74 Å². The average molecular weight is 266 g/mol. The fourth-order valence-corrected chi connectivity index (χ4v) is 2.36. The van der Waals surface area contributed by atoms with Crippen molar-refractivity contribution in [2.24, 2.45) is 0 Å². The molecule has 1 heterocycles. The van der Waals surface area contributed by atoms with Crippen molar-refractivity contribution in [1.82, 2.24) is 0 Å². The summed E-state index contributed by atoms with van der Waals surface area (Å²) in [5.74, 6) is -0.0837. The van der Waals surface area contributed by atoms with Gasteiger partial charge in [-0.2, -0.15) is 0 Å². The van der Waals surface area contributed by atoms with Gasteiger partial charge in [-0.1, -0.05) is 0 Å². The second kappa shape index (κ2) is 6.66. The van der Waals surface area contributed by atoms with E-state index >= 15 is 0 Å². The van der Waals surface area contributed by atoms with Crippen molar-refractivity contribution in [3.8, 4) is 5.75 Å². The topological polar surface area (TPSA) is 35.5 Å². The molecule has 0 spiro atoms. The summed E-state index contributed by atoms with van der Waals surface area (Å²) >= 11 is 0. The van der Waals surface area contributed by atoms with Gasteiger partial charge in [0.25, 0.3) is 0 Å². The molecule has 2 rings (SSSR count). The zero-order valence-electron chi connectivity index (χ0n) is 11.2. The number of carbonyl (C=O) groups is 1. The van der Waals surface area contributed by atoms with Crippen LogP contribution in [0.2, 0.25) is 0 Å². The van der Waals surface area contributed by atoms with Crippen LogP contribution in [-0.2, 0) is 4.74 Å². The van der Waals surface area contributed by atoms with Gasteiger partial charge in [0.05, 0.1) is 18.8 Å². The molecule has 1 atom stereocenters. The third kappa shape index (κ3) is 3.77. The van der Waals surface area contributed by atoms with Crippen LogP contribution in [0.25, 0.3) is 0 Å². The van der Waals surface area contributed by atoms with E-state index in [1.54, 1.807) is 0 Å². The summed E-state index contributed by atoms with van der Waals surface area (Å²) in [6.07, 6.45) is 4.48. The molecule has 0 aliphatic carbocycles. The van der Waals surface area contributed by atoms with Crippen molar-refractivity contribution in [2.75, 3.05) is 13.7 Å². The van der Waals surface area contributed by atoms with Crippen LogP contribution in [0.5, 0.6) is 5.75 Å². The lowest BCUT2D eigenvalue weighted by molar-refractivity contribution is 0.0104. The number of halogens is 1. The number of ketones is 1. The van der Waals surface area contributed by atoms with E-state index in [9.17, 15) is 9.18 Å². The molecule has 1 aromatic carbocycles. The molecule has 0 bridgehead atoms. The molecule has 1 aromatic rings. The molecule has 104 valence electrons. The van der Waals surface area contributed by atoms with Gasteiger partial charge < -0.3 is 9.47 Å². The molecular weight excluding hydrogens is 247 g/mol. The fourth-order valence-electron chi connectivity index (χ4n) is 2.36. The summed E-state index contributed by atoms with van der Waals surface area (Å²) in [5.41, 5.74) is 0.318. The number of ether oxygens (including phenoxy) is 2. The summed E-state index contributed by atoms with van der Waals surface area (Å²) < 4.78 is 23.9. The Hall–Kier alpha value is -1.42. The minimum atomic E-state index is -0.418. The first-order valence-corrected chi connectivity index (χ1v) is 6.69. The highest BCUT2D eigenvalue weighted by molar-refractivity contribution is 5.98. The molecule has 1 aliphatic rings. The Morgan fingerprint density at radius 2 is 2.32 bits per heavy atom. The molecule has 3 nitrogen and oxygen atoms in total. The van der Waals surface area contributed by atoms with Crippen molar-refractivity contribution in [1.29, 1.82) is 0 Å². The molecule has 19 heavy (non-hydrogen) atoms. The highest BCUT2D eigenvalue weighted by Crippen LogP contribution is 2.23. The lowest BCUT2D eigenvalue weighted by Gasteiger charge is -2.22. The molecule has 1 aliphatic heterocycles. The first-order chi connectivity index (χ1) is 9.20. The van der Waals surface area contributed by atoms with E-state index in [4.69, 9.17) is 9.47 Å². The van der Waals surface area contributed by atoms with Crippen molar-refractivity contribution in [3.05, 3.63) is 29.6 Å². The zero-order chi connectivity index (χ0) is 13.7. The minimum absolute atomic E-state index is 0.0921. The molecule has 0 radical (unpaired) electrons. The Labute approximate surface area is 112 Å². The van der Waals surface area contributed by atoms with Gasteiger partial charge in [0.15, 0.2) is 5.78 Å². The summed E-state index contributed by atoms with van der Waals surface area (Å²) in [7, 11) is 1.48. The van der Waals surface area contributed by atoms with Gasteiger partial charge >= 0.3 is 0 Å². The molecule has 4 heteroatoms. The molecule has 0 saturated carbocycles. The molecule has 1 saturated heterocycles. The van der Waals surface area contributed by atoms with Crippen LogP contribution in [0.15, 0.2) is 18.2 Å². The van der Waals surface area contributed by atoms with Crippen LogP contribution in [0.3, 0.4) is 0 Å². The lowest BCUT2D eigenvalue weighted by atomic mass is 10.00. The van der Waals surface area contributed by atoms with E-state index in [0.717, 1.165) is 25.9 Å². The van der Waals surface area contributed by atoms with Gasteiger partial charge in [-0.25, -0.2) is 4.39 Å². The largest absolute Gasteiger partial charge is 0.496 e. The average Bonchev–Trinajstić information content (AvgIpc) is 2.46. The number of Topliss-reactive ketones (excluding diaryl/α,β-unsaturated/α-hetero) is 1. The van der Waals surface area contributed by atoms with E-state index in [0.29, 0.717) is 24.2 Å². The molecular formula is C15H19FO3. The summed E-state index contributed by atoms with van der Waals surface area (Å²) in [6, 6.07) is 4.02. The maximum absolute atomic E-state index is 13.2. The van der Waals surface area contributed by atoms with Gasteiger partial charge in [0.1, 0.15) is 11.6 Å². The fraction of sp³-hybridized carbons (Fsp3) is 0.533. The number of rotatable bonds is 5. The zero-order valence-corrected chi connectivity index (χ0v) is 11.2. The Bertz CT molecular complexity index is 439. The standard InChI is InChI=1S/C15H19FO3/c1-18-15-8-5-11(16)10-13(15)14(17)7-6-12-4-2-3-9-19-12/h5,8,10,12H,2-4,6-7,9H2,1H3. The van der Waals surface area contributed by atoms with Crippen molar-refractivity contribution in [3.63, 3.8) is 0 Å². The summed E-state index contributed by atoms with van der Waals surface area (Å²) in [4.78, 5) is 12.1. The van der Waals surface area contributed by atoms with Crippen molar-refractivity contribution < 1.29 is 18.7 Å². The Morgan fingerprint density at radius 3 is 3.00 bits per heavy atom. The lowest BCUT2D eigenvalue weighted by Crippen LogP contribution is -2.20. The highest BCUT2D eigenvalue weighted by atomic mass is 19.1. The van der Waals surface area contributed by atoms with Gasteiger partial charge in [-0.15, -0.1) is 0 Å². The molecule has 0 aromatic heterocycles. The first kappa shape index (κ1) is 14.0. The van der Waals surface area contributed by atoms with Gasteiger partial charge in [-0.05, 0) is 43.9 Å². The minimum Gasteiger partial charge on any atom is -0.496 e. The first-order valence-electron chi connectivity index (χ1n) is 6.69. The predicted molar refractivity (Wildman–Crippen MR) is 70.1 cm³/mol. The summed E-state index contributed by atoms with van der Waals surface area (Å²) in [6.45, 7) is 0.780. The van der Waals surface area contributed by atoms with Crippen LogP contribution in [0.1, 0.15) is 42.5 Å². The van der Waals surface area contributed by atoms with E-state index in [1.165, 1.54) is 25.3 Å². The second-order valence-electron chi connectivity index (χ2n) is 4.80. The Balaban J connectivity index is 1.97. The maximum Gasteiger partial charge on any atom is 0.166 e. The SMILES string of the molecule is COc1ccc(F)cc1C(=O)CCC1CCCCO1. The summed E-state index contributed by atoms with van der Waals surface area (Å²) in [5, 5.41) is 0. The van der Waals surface area contributed by atoms with Gasteiger partial charge in [-0.3, -0.25) is 4.79 Å². The number of methoxy groups -OCH3 is 1. The predicted octanol–water partition coefficient (Wildman–Crippen LogP) is 3.37. The number of hydrogen-bond acceptors (Lipinski definition) is 3. The third-order valence-corrected chi connectivity index (χ3v) is 3.43. The van der Waals surface area contributed by atoms with Crippen LogP contribution in [0.4, 0.5) is 4.39 Å². The van der Waals surface area contributed by atoms with E-state index in [-0.39, 0.29) is 11.9 Å². The third-order valence-electron chi connectivity index (χ3n) is 3.43. The second-order valence-corrected chi connectivity index (χ2v) is 4.80. The molecule has 0 N–H and O–H groups in total. The number of benzene rings is 1. The van der Waals surface area contributed by atoms with Crippen LogP contribution in [-0.4, -0.2) is 25.6 Å². The smallest absolute Gasteiger partial charge is 0.166 e. The van der Waals surface area contributed by atoms with Crippen molar-refractivity contribution in [2.45, 2.75) is 38.2 Å². The van der Waals surface area contributed by atoms with E-state index in [1.807, 2.05) is 0 Å². The van der Waals surface area contributed by atoms with Crippen LogP contribution >= 0.6 is 0 Å². The highest BCUT2D eigenvalue weighted by Gasteiger charge is 2.18. The Kier molecular flexibility index (Phi) is 4.91. The van der Waals surface area contributed by atoms with Crippen molar-refractivity contribution >= 4 is 5.78 Å². The van der Waals surface area contributed by atoms with Gasteiger partial charge in [0, 0.05) is 13.0 Å². The Morgan fingerprint density at radius 1 is 1.47 bits per heavy atom. The van der Waals surface area contributed by atoms with Gasteiger partial charge in [0.2, 0.25) is 0 Å². The number of hydrogen-bond donors (Lipinski definition) is 0. The monoisotopic (exact) mass is 266 g/mol. The quantitative estimate of drug-likeness (QED) is 0.766.